The van der Waals surface area contributed by atoms with E-state index in [-0.39, 0.29) is 12.0 Å². The molecule has 0 radical (unpaired) electrons. The number of hydrogen-bond donors (Lipinski definition) is 2. The van der Waals surface area contributed by atoms with Gasteiger partial charge in [-0.2, -0.15) is 5.10 Å². The molecule has 100 valence electrons. The van der Waals surface area contributed by atoms with Crippen LogP contribution in [0.15, 0.2) is 0 Å². The van der Waals surface area contributed by atoms with E-state index in [2.05, 4.69) is 15.5 Å². The van der Waals surface area contributed by atoms with Crippen LogP contribution in [-0.2, 0) is 9.53 Å². The van der Waals surface area contributed by atoms with E-state index in [4.69, 9.17) is 4.74 Å². The van der Waals surface area contributed by atoms with Crippen molar-refractivity contribution in [2.24, 2.45) is 0 Å². The van der Waals surface area contributed by atoms with E-state index in [1.807, 2.05) is 13.8 Å². The summed E-state index contributed by atoms with van der Waals surface area (Å²) in [7, 11) is 0. The van der Waals surface area contributed by atoms with Crippen molar-refractivity contribution >= 4 is 11.6 Å². The molecule has 1 fully saturated rings. The van der Waals surface area contributed by atoms with Crippen molar-refractivity contribution < 1.29 is 9.53 Å². The maximum Gasteiger partial charge on any atom is 0.224 e. The molecule has 18 heavy (non-hydrogen) atoms. The summed E-state index contributed by atoms with van der Waals surface area (Å²) in [5, 5.41) is 9.82. The van der Waals surface area contributed by atoms with Crippen LogP contribution < -0.4 is 5.32 Å². The van der Waals surface area contributed by atoms with Crippen LogP contribution in [-0.4, -0.2) is 28.8 Å². The summed E-state index contributed by atoms with van der Waals surface area (Å²) in [6, 6.07) is 0. The third-order valence-electron chi connectivity index (χ3n) is 3.36. The summed E-state index contributed by atoms with van der Waals surface area (Å²) in [6.45, 7) is 4.62. The van der Waals surface area contributed by atoms with Gasteiger partial charge in [-0.05, 0) is 39.5 Å². The summed E-state index contributed by atoms with van der Waals surface area (Å²) >= 11 is 0. The molecule has 1 aliphatic rings. The minimum absolute atomic E-state index is 0.0387. The van der Waals surface area contributed by atoms with Crippen molar-refractivity contribution in [2.75, 3.05) is 11.9 Å². The maximum absolute atomic E-state index is 11.8. The Balaban J connectivity index is 1.78. The highest BCUT2D eigenvalue weighted by Crippen LogP contribution is 2.19. The molecule has 1 aromatic heterocycles. The highest BCUT2D eigenvalue weighted by molar-refractivity contribution is 5.91. The predicted molar refractivity (Wildman–Crippen MR) is 69.5 cm³/mol. The topological polar surface area (TPSA) is 67.0 Å². The number of ether oxygens (including phenoxy) is 1. The molecule has 0 bridgehead atoms. The molecule has 0 saturated carbocycles. The van der Waals surface area contributed by atoms with Gasteiger partial charge in [0.25, 0.3) is 0 Å². The van der Waals surface area contributed by atoms with Crippen LogP contribution in [0.1, 0.15) is 43.5 Å². The number of nitrogens with zero attached hydrogens (tertiary/aromatic N) is 1. The van der Waals surface area contributed by atoms with Crippen molar-refractivity contribution in [1.82, 2.24) is 10.2 Å². The van der Waals surface area contributed by atoms with E-state index in [1.165, 1.54) is 6.42 Å². The van der Waals surface area contributed by atoms with E-state index in [9.17, 15) is 4.79 Å². The molecule has 1 atom stereocenters. The van der Waals surface area contributed by atoms with Crippen LogP contribution in [0.25, 0.3) is 0 Å². The van der Waals surface area contributed by atoms with Crippen LogP contribution in [0.2, 0.25) is 0 Å². The Labute approximate surface area is 107 Å². The van der Waals surface area contributed by atoms with Crippen LogP contribution >= 0.6 is 0 Å². The van der Waals surface area contributed by atoms with Gasteiger partial charge in [-0.25, -0.2) is 0 Å². The fraction of sp³-hybridized carbons (Fsp3) is 0.692. The van der Waals surface area contributed by atoms with E-state index >= 15 is 0 Å². The quantitative estimate of drug-likeness (QED) is 0.863. The van der Waals surface area contributed by atoms with Crippen molar-refractivity contribution in [1.29, 1.82) is 0 Å². The first-order valence-corrected chi connectivity index (χ1v) is 6.60. The van der Waals surface area contributed by atoms with Gasteiger partial charge in [0, 0.05) is 13.0 Å². The second-order valence-corrected chi connectivity index (χ2v) is 4.88. The number of aromatic amines is 1. The van der Waals surface area contributed by atoms with Crippen LogP contribution in [0.3, 0.4) is 0 Å². The highest BCUT2D eigenvalue weighted by Gasteiger charge is 2.16. The molecule has 2 rings (SSSR count). The summed E-state index contributed by atoms with van der Waals surface area (Å²) < 4.78 is 5.61. The number of H-pyrrole nitrogens is 1. The number of amides is 1. The monoisotopic (exact) mass is 251 g/mol. The second-order valence-electron chi connectivity index (χ2n) is 4.88. The zero-order valence-electron chi connectivity index (χ0n) is 11.1. The molecule has 1 aliphatic heterocycles. The van der Waals surface area contributed by atoms with Gasteiger partial charge in [0.15, 0.2) is 0 Å². The van der Waals surface area contributed by atoms with E-state index in [0.29, 0.717) is 6.42 Å². The highest BCUT2D eigenvalue weighted by atomic mass is 16.5. The van der Waals surface area contributed by atoms with Gasteiger partial charge in [0.05, 0.1) is 23.2 Å². The van der Waals surface area contributed by atoms with Crippen molar-refractivity contribution in [3.8, 4) is 0 Å². The average molecular weight is 251 g/mol. The Hall–Kier alpha value is -1.36. The van der Waals surface area contributed by atoms with E-state index in [0.717, 1.165) is 42.9 Å². The standard InChI is InChI=1S/C13H21N3O2/c1-9-13(10(2)16-15-9)14-12(17)7-6-11-5-3-4-8-18-11/h11H,3-8H2,1-2H3,(H,14,17)(H,15,16). The summed E-state index contributed by atoms with van der Waals surface area (Å²) in [6.07, 6.45) is 5.02. The van der Waals surface area contributed by atoms with Gasteiger partial charge < -0.3 is 10.1 Å². The number of aryl methyl sites for hydroxylation is 2. The van der Waals surface area contributed by atoms with Gasteiger partial charge in [-0.3, -0.25) is 9.89 Å². The molecule has 2 N–H and O–H groups in total. The number of hydrogen-bond acceptors (Lipinski definition) is 3. The summed E-state index contributed by atoms with van der Waals surface area (Å²) in [5.74, 6) is 0.0387. The molecule has 0 aliphatic carbocycles. The maximum atomic E-state index is 11.8. The lowest BCUT2D eigenvalue weighted by Gasteiger charge is -2.22. The zero-order chi connectivity index (χ0) is 13.0. The Morgan fingerprint density at radius 3 is 2.94 bits per heavy atom. The molecule has 1 aromatic rings. The lowest BCUT2D eigenvalue weighted by molar-refractivity contribution is -0.117. The Bertz CT molecular complexity index is 389. The first-order chi connectivity index (χ1) is 8.66. The van der Waals surface area contributed by atoms with Crippen LogP contribution in [0.4, 0.5) is 5.69 Å². The lowest BCUT2D eigenvalue weighted by atomic mass is 10.0. The largest absolute Gasteiger partial charge is 0.378 e. The number of nitrogens with one attached hydrogen (secondary N) is 2. The van der Waals surface area contributed by atoms with Crippen molar-refractivity contribution in [3.05, 3.63) is 11.4 Å². The Morgan fingerprint density at radius 2 is 2.33 bits per heavy atom. The number of carbonyl (C=O) groups is 1. The molecule has 5 heteroatoms. The smallest absolute Gasteiger partial charge is 0.224 e. The minimum atomic E-state index is 0.0387. The normalized spacial score (nSPS) is 19.8. The summed E-state index contributed by atoms with van der Waals surface area (Å²) in [5.41, 5.74) is 2.54. The fourth-order valence-corrected chi connectivity index (χ4v) is 2.26. The number of anilines is 1. The fourth-order valence-electron chi connectivity index (χ4n) is 2.26. The van der Waals surface area contributed by atoms with Gasteiger partial charge in [-0.1, -0.05) is 0 Å². The number of carbonyl (C=O) groups excluding carboxylic acids is 1. The molecule has 1 saturated heterocycles. The van der Waals surface area contributed by atoms with E-state index in [1.54, 1.807) is 0 Å². The predicted octanol–water partition coefficient (Wildman–Crippen LogP) is 2.31. The minimum Gasteiger partial charge on any atom is -0.378 e. The molecular formula is C13H21N3O2. The second kappa shape index (κ2) is 6.00. The third kappa shape index (κ3) is 3.32. The van der Waals surface area contributed by atoms with Gasteiger partial charge in [0.1, 0.15) is 0 Å². The average Bonchev–Trinajstić information content (AvgIpc) is 2.69. The van der Waals surface area contributed by atoms with Gasteiger partial charge >= 0.3 is 0 Å². The van der Waals surface area contributed by atoms with Crippen molar-refractivity contribution in [3.63, 3.8) is 0 Å². The van der Waals surface area contributed by atoms with Crippen molar-refractivity contribution in [2.45, 2.75) is 52.1 Å². The molecule has 0 spiro atoms. The molecule has 0 aromatic carbocycles. The van der Waals surface area contributed by atoms with Crippen LogP contribution in [0.5, 0.6) is 0 Å². The number of rotatable bonds is 4. The van der Waals surface area contributed by atoms with Gasteiger partial charge in [0.2, 0.25) is 5.91 Å². The SMILES string of the molecule is Cc1n[nH]c(C)c1NC(=O)CCC1CCCCO1. The molecule has 5 nitrogen and oxygen atoms in total. The zero-order valence-corrected chi connectivity index (χ0v) is 11.1. The third-order valence-corrected chi connectivity index (χ3v) is 3.36. The Kier molecular flexibility index (Phi) is 4.36. The van der Waals surface area contributed by atoms with Gasteiger partial charge in [-0.15, -0.1) is 0 Å². The summed E-state index contributed by atoms with van der Waals surface area (Å²) in [4.78, 5) is 11.8. The molecular weight excluding hydrogens is 230 g/mol. The molecule has 2 heterocycles. The lowest BCUT2D eigenvalue weighted by Crippen LogP contribution is -2.22. The van der Waals surface area contributed by atoms with Crippen LogP contribution in [0, 0.1) is 13.8 Å². The Morgan fingerprint density at radius 1 is 1.50 bits per heavy atom. The molecule has 1 unspecified atom stereocenters. The first-order valence-electron chi connectivity index (χ1n) is 6.60. The first kappa shape index (κ1) is 13.1. The van der Waals surface area contributed by atoms with E-state index < -0.39 is 0 Å². The number of aromatic nitrogens is 2. The molecule has 1 amide bonds.